The Morgan fingerprint density at radius 1 is 1.12 bits per heavy atom. The maximum atomic E-state index is 12.4. The molecular formula is C18H21NO5S. The molecule has 1 N–H and O–H groups in total. The first-order valence-electron chi connectivity index (χ1n) is 7.80. The predicted octanol–water partition coefficient (Wildman–Crippen LogP) is 2.53. The number of hydrogen-bond donors (Lipinski definition) is 1. The highest BCUT2D eigenvalue weighted by molar-refractivity contribution is 7.89. The molecule has 0 aromatic heterocycles. The van der Waals surface area contributed by atoms with Gasteiger partial charge in [-0.25, -0.2) is 17.9 Å². The molecule has 0 unspecified atom stereocenters. The molecule has 0 saturated carbocycles. The second-order valence-corrected chi connectivity index (χ2v) is 7.12. The van der Waals surface area contributed by atoms with E-state index >= 15 is 0 Å². The van der Waals surface area contributed by atoms with E-state index in [-0.39, 0.29) is 11.4 Å². The summed E-state index contributed by atoms with van der Waals surface area (Å²) in [6.45, 7) is 2.31. The molecule has 0 amide bonds. The highest BCUT2D eigenvalue weighted by atomic mass is 32.2. The Bertz CT molecular complexity index is 819. The van der Waals surface area contributed by atoms with Crippen LogP contribution in [0.25, 0.3) is 0 Å². The third kappa shape index (κ3) is 5.30. The standard InChI is InChI=1S/C18H21NO5S/c1-14-13-15(18(20)23-2)9-10-17(14)25(21,22)19-11-6-12-24-16-7-4-3-5-8-16/h3-5,7-10,13,19H,6,11-12H2,1-2H3. The van der Waals surface area contributed by atoms with Gasteiger partial charge in [-0.2, -0.15) is 0 Å². The predicted molar refractivity (Wildman–Crippen MR) is 94.3 cm³/mol. The summed E-state index contributed by atoms with van der Waals surface area (Å²) in [5, 5.41) is 0. The van der Waals surface area contributed by atoms with E-state index in [1.54, 1.807) is 6.92 Å². The molecule has 0 aliphatic heterocycles. The molecule has 6 nitrogen and oxygen atoms in total. The molecule has 2 rings (SSSR count). The number of esters is 1. The van der Waals surface area contributed by atoms with Crippen molar-refractivity contribution in [2.45, 2.75) is 18.2 Å². The van der Waals surface area contributed by atoms with Crippen LogP contribution in [0.4, 0.5) is 0 Å². The largest absolute Gasteiger partial charge is 0.494 e. The van der Waals surface area contributed by atoms with Gasteiger partial charge in [0.1, 0.15) is 5.75 Å². The lowest BCUT2D eigenvalue weighted by Gasteiger charge is -2.11. The van der Waals surface area contributed by atoms with Crippen molar-refractivity contribution in [3.8, 4) is 5.75 Å². The first kappa shape index (κ1) is 19.0. The summed E-state index contributed by atoms with van der Waals surface area (Å²) in [4.78, 5) is 11.6. The van der Waals surface area contributed by atoms with Gasteiger partial charge in [0.15, 0.2) is 0 Å². The molecule has 0 saturated heterocycles. The number of aryl methyl sites for hydroxylation is 1. The van der Waals surface area contributed by atoms with Crippen molar-refractivity contribution < 1.29 is 22.7 Å². The van der Waals surface area contributed by atoms with Crippen LogP contribution < -0.4 is 9.46 Å². The number of nitrogens with one attached hydrogen (secondary N) is 1. The number of sulfonamides is 1. The molecule has 0 aliphatic rings. The Kier molecular flexibility index (Phi) is 6.55. The SMILES string of the molecule is COC(=O)c1ccc(S(=O)(=O)NCCCOc2ccccc2)c(C)c1. The van der Waals surface area contributed by atoms with Gasteiger partial charge >= 0.3 is 5.97 Å². The van der Waals surface area contributed by atoms with E-state index in [4.69, 9.17) is 4.74 Å². The van der Waals surface area contributed by atoms with Crippen LogP contribution in [-0.4, -0.2) is 34.6 Å². The highest BCUT2D eigenvalue weighted by Gasteiger charge is 2.18. The molecule has 0 bridgehead atoms. The van der Waals surface area contributed by atoms with Crippen LogP contribution in [0.15, 0.2) is 53.4 Å². The molecule has 0 radical (unpaired) electrons. The van der Waals surface area contributed by atoms with Gasteiger partial charge < -0.3 is 9.47 Å². The van der Waals surface area contributed by atoms with Crippen LogP contribution in [0.3, 0.4) is 0 Å². The Morgan fingerprint density at radius 3 is 2.48 bits per heavy atom. The Labute approximate surface area is 147 Å². The number of ether oxygens (including phenoxy) is 2. The summed E-state index contributed by atoms with van der Waals surface area (Å²) >= 11 is 0. The second-order valence-electron chi connectivity index (χ2n) is 5.38. The number of methoxy groups -OCH3 is 1. The summed E-state index contributed by atoms with van der Waals surface area (Å²) in [7, 11) is -2.36. The zero-order valence-electron chi connectivity index (χ0n) is 14.2. The summed E-state index contributed by atoms with van der Waals surface area (Å²) in [5.74, 6) is 0.248. The second kappa shape index (κ2) is 8.64. The van der Waals surface area contributed by atoms with Crippen LogP contribution in [0.2, 0.25) is 0 Å². The number of para-hydroxylation sites is 1. The monoisotopic (exact) mass is 363 g/mol. The molecule has 25 heavy (non-hydrogen) atoms. The first-order chi connectivity index (χ1) is 11.9. The van der Waals surface area contributed by atoms with E-state index in [2.05, 4.69) is 9.46 Å². The Morgan fingerprint density at radius 2 is 1.84 bits per heavy atom. The van der Waals surface area contributed by atoms with Gasteiger partial charge in [-0.15, -0.1) is 0 Å². The molecule has 134 valence electrons. The van der Waals surface area contributed by atoms with Gasteiger partial charge in [-0.05, 0) is 49.2 Å². The number of carbonyl (C=O) groups excluding carboxylic acids is 1. The minimum Gasteiger partial charge on any atom is -0.494 e. The quantitative estimate of drug-likeness (QED) is 0.576. The zero-order chi connectivity index (χ0) is 18.3. The molecule has 0 fully saturated rings. The maximum Gasteiger partial charge on any atom is 0.337 e. The van der Waals surface area contributed by atoms with Crippen molar-refractivity contribution in [2.75, 3.05) is 20.3 Å². The number of carbonyl (C=O) groups is 1. The first-order valence-corrected chi connectivity index (χ1v) is 9.29. The number of rotatable bonds is 8. The van der Waals surface area contributed by atoms with E-state index in [0.717, 1.165) is 5.75 Å². The molecule has 2 aromatic carbocycles. The smallest absolute Gasteiger partial charge is 0.337 e. The molecule has 0 heterocycles. The van der Waals surface area contributed by atoms with Crippen LogP contribution in [0, 0.1) is 6.92 Å². The van der Waals surface area contributed by atoms with E-state index in [1.165, 1.54) is 25.3 Å². The van der Waals surface area contributed by atoms with Gasteiger partial charge in [0.25, 0.3) is 0 Å². The van der Waals surface area contributed by atoms with E-state index in [9.17, 15) is 13.2 Å². The average Bonchev–Trinajstić information content (AvgIpc) is 2.61. The van der Waals surface area contributed by atoms with Gasteiger partial charge in [0.05, 0.1) is 24.2 Å². The topological polar surface area (TPSA) is 81.7 Å². The molecule has 2 aromatic rings. The molecule has 0 atom stereocenters. The van der Waals surface area contributed by atoms with Gasteiger partial charge in [0.2, 0.25) is 10.0 Å². The molecule has 0 aliphatic carbocycles. The Balaban J connectivity index is 1.89. The van der Waals surface area contributed by atoms with Gasteiger partial charge in [-0.3, -0.25) is 0 Å². The lowest BCUT2D eigenvalue weighted by molar-refractivity contribution is 0.0600. The van der Waals surface area contributed by atoms with E-state index in [1.807, 2.05) is 30.3 Å². The fraction of sp³-hybridized carbons (Fsp3) is 0.278. The number of benzene rings is 2. The summed E-state index contributed by atoms with van der Waals surface area (Å²) in [6.07, 6.45) is 0.535. The summed E-state index contributed by atoms with van der Waals surface area (Å²) in [5.41, 5.74) is 0.797. The van der Waals surface area contributed by atoms with E-state index < -0.39 is 16.0 Å². The average molecular weight is 363 g/mol. The van der Waals surface area contributed by atoms with Crippen molar-refractivity contribution in [3.63, 3.8) is 0 Å². The van der Waals surface area contributed by atoms with Crippen molar-refractivity contribution in [1.29, 1.82) is 0 Å². The van der Waals surface area contributed by atoms with Crippen LogP contribution in [-0.2, 0) is 14.8 Å². The fourth-order valence-electron chi connectivity index (χ4n) is 2.26. The van der Waals surface area contributed by atoms with E-state index in [0.29, 0.717) is 24.2 Å². The molecule has 0 spiro atoms. The third-order valence-electron chi connectivity index (χ3n) is 3.51. The maximum absolute atomic E-state index is 12.4. The fourth-order valence-corrected chi connectivity index (χ4v) is 3.56. The van der Waals surface area contributed by atoms with Crippen LogP contribution >= 0.6 is 0 Å². The summed E-state index contributed by atoms with van der Waals surface area (Å²) < 4.78 is 37.4. The lowest BCUT2D eigenvalue weighted by Crippen LogP contribution is -2.26. The third-order valence-corrected chi connectivity index (χ3v) is 5.13. The Hall–Kier alpha value is -2.38. The minimum atomic E-state index is -3.64. The number of hydrogen-bond acceptors (Lipinski definition) is 5. The molecule has 7 heteroatoms. The van der Waals surface area contributed by atoms with Crippen molar-refractivity contribution in [2.24, 2.45) is 0 Å². The minimum absolute atomic E-state index is 0.143. The highest BCUT2D eigenvalue weighted by Crippen LogP contribution is 2.17. The zero-order valence-corrected chi connectivity index (χ0v) is 15.0. The van der Waals surface area contributed by atoms with Crippen molar-refractivity contribution in [1.82, 2.24) is 4.72 Å². The lowest BCUT2D eigenvalue weighted by atomic mass is 10.1. The summed E-state index contributed by atoms with van der Waals surface area (Å²) in [6, 6.07) is 13.7. The van der Waals surface area contributed by atoms with Crippen LogP contribution in [0.1, 0.15) is 22.3 Å². The van der Waals surface area contributed by atoms with Crippen molar-refractivity contribution >= 4 is 16.0 Å². The van der Waals surface area contributed by atoms with Crippen LogP contribution in [0.5, 0.6) is 5.75 Å². The molecular weight excluding hydrogens is 342 g/mol. The van der Waals surface area contributed by atoms with Gasteiger partial charge in [0, 0.05) is 6.54 Å². The van der Waals surface area contributed by atoms with Gasteiger partial charge in [-0.1, -0.05) is 18.2 Å². The normalized spacial score (nSPS) is 11.1. The van der Waals surface area contributed by atoms with Crippen molar-refractivity contribution in [3.05, 3.63) is 59.7 Å².